The second kappa shape index (κ2) is 20.2. The van der Waals surface area contributed by atoms with Gasteiger partial charge < -0.3 is 0 Å². The first-order chi connectivity index (χ1) is 32.6. The van der Waals surface area contributed by atoms with Gasteiger partial charge in [0.05, 0.1) is 122 Å². The van der Waals surface area contributed by atoms with E-state index in [1.165, 1.54) is 54.9 Å². The van der Waals surface area contributed by atoms with Crippen molar-refractivity contribution in [2.24, 2.45) is 0 Å². The smallest absolute Gasteiger partial charge is 0.142 e. The van der Waals surface area contributed by atoms with Gasteiger partial charge in [-0.25, -0.2) is 0 Å². The van der Waals surface area contributed by atoms with Crippen molar-refractivity contribution in [1.29, 1.82) is 73.7 Å². The van der Waals surface area contributed by atoms with Gasteiger partial charge in [0.1, 0.15) is 87.0 Å². The predicted octanol–water partition coefficient (Wildman–Crippen LogP) is -4.56. The van der Waals surface area contributed by atoms with E-state index < -0.39 is 56.0 Å². The van der Waals surface area contributed by atoms with Crippen molar-refractivity contribution >= 4 is 95.8 Å². The largest absolute Gasteiger partial charge is 0.193 e. The van der Waals surface area contributed by atoms with Crippen LogP contribution >= 0.6 is 0 Å². The third-order valence-electron chi connectivity index (χ3n) is 12.1. The average molecular weight is 855 g/mol. The number of nitriles is 14. The maximum absolute atomic E-state index is 11.5. The van der Waals surface area contributed by atoms with Crippen molar-refractivity contribution < 1.29 is 0 Å². The number of nitrogens with zero attached hydrogens (tertiary/aromatic N) is 14. The molecule has 1 unspecified atom stereocenters. The quantitative estimate of drug-likeness (QED) is 0.114. The number of rotatable bonds is 6. The molecule has 0 saturated heterocycles. The van der Waals surface area contributed by atoms with Crippen molar-refractivity contribution in [2.75, 3.05) is 0 Å². The van der Waals surface area contributed by atoms with E-state index in [0.29, 0.717) is 0 Å². The molecule has 0 aliphatic heterocycles. The van der Waals surface area contributed by atoms with E-state index in [1.807, 2.05) is 72.8 Å². The van der Waals surface area contributed by atoms with Gasteiger partial charge in [0.2, 0.25) is 0 Å². The molecule has 0 heterocycles. The second-order valence-electron chi connectivity index (χ2n) is 15.0. The third-order valence-corrected chi connectivity index (χ3v) is 12.1. The highest BCUT2D eigenvalue weighted by molar-refractivity contribution is 6.44. The summed E-state index contributed by atoms with van der Waals surface area (Å²) >= 11 is 0. The molecule has 2 aliphatic carbocycles. The van der Waals surface area contributed by atoms with Crippen molar-refractivity contribution in [2.45, 2.75) is 12.1 Å². The zero-order valence-electron chi connectivity index (χ0n) is 37.6. The van der Waals surface area contributed by atoms with Gasteiger partial charge in [-0.05, 0) is 17.7 Å². The van der Waals surface area contributed by atoms with Gasteiger partial charge >= 0.3 is 0 Å². The van der Waals surface area contributed by atoms with Gasteiger partial charge in [-0.15, -0.1) is 6.42 Å². The van der Waals surface area contributed by atoms with E-state index in [0.717, 1.165) is 0 Å². The summed E-state index contributed by atoms with van der Waals surface area (Å²) in [4.78, 5) is 0. The fourth-order valence-corrected chi connectivity index (χ4v) is 8.72. The maximum atomic E-state index is 11.5. The molecule has 1 fully saturated rings. The Morgan fingerprint density at radius 3 is 1.15 bits per heavy atom. The molecule has 2 aliphatic rings. The number of hydrogen-bond donors (Lipinski definition) is 0. The van der Waals surface area contributed by atoms with Crippen LogP contribution in [0.25, 0.3) is 11.1 Å². The standard InChI is InChI=1S/C46H20B8N14/c1-2-19(21(6-57)40(48)18(3-47)4-55)20(5-56)36-37(22(7-58)33-25(10-61)41(49)30(15-66)42(50)26(33)11-62)39(24(9-60)35-29(14-65)45(53)32(17-68)46(35)54)38(36)23(8-59)34-27(12-63)43(51)31(16-67)44(52)28(34)13-64/h1,46H,3,47-54H2/b21-19+,36-20-,37-22+,38-23-,39-24+,40-18-. The van der Waals surface area contributed by atoms with Crippen molar-refractivity contribution in [1.82, 2.24) is 0 Å². The zero-order chi connectivity index (χ0) is 51.1. The SMILES string of the molecule is BC\C(C#N)=C(B)/C(C#N)=C(C#C)/C(C#N)=C1\C(=C(/C#N)c2c(C#N)c(B)c(C#N)c(B)c2C#N)C(=C(/C#N)C2=C(C#N)C(B)=C(C#N)C2B)\C1=C(/C#N)c1c(C#N)c(B)c(C#N)c(B)c1C#N. The summed E-state index contributed by atoms with van der Waals surface area (Å²) in [5.41, 5.74) is -6.74. The van der Waals surface area contributed by atoms with Crippen LogP contribution in [0.1, 0.15) is 44.5 Å². The van der Waals surface area contributed by atoms with Crippen molar-refractivity contribution in [3.63, 3.8) is 0 Å². The molecule has 0 spiro atoms. The van der Waals surface area contributed by atoms with Crippen LogP contribution in [0.3, 0.4) is 0 Å². The summed E-state index contributed by atoms with van der Waals surface area (Å²) in [6.45, 7) is 0. The predicted molar refractivity (Wildman–Crippen MR) is 266 cm³/mol. The summed E-state index contributed by atoms with van der Waals surface area (Å²) in [6, 6.07) is 28.0. The summed E-state index contributed by atoms with van der Waals surface area (Å²) < 4.78 is 0. The lowest BCUT2D eigenvalue weighted by atomic mass is 9.61. The molecule has 0 aromatic heterocycles. The Morgan fingerprint density at radius 2 is 0.868 bits per heavy atom. The van der Waals surface area contributed by atoms with Gasteiger partial charge in [-0.1, -0.05) is 38.7 Å². The van der Waals surface area contributed by atoms with Crippen molar-refractivity contribution in [3.8, 4) is 97.3 Å². The lowest BCUT2D eigenvalue weighted by Crippen LogP contribution is -2.31. The lowest BCUT2D eigenvalue weighted by molar-refractivity contribution is 1.14. The molecule has 68 heavy (non-hydrogen) atoms. The number of benzene rings is 2. The highest BCUT2D eigenvalue weighted by Gasteiger charge is 2.46. The van der Waals surface area contributed by atoms with Crippen LogP contribution in [0.4, 0.5) is 0 Å². The van der Waals surface area contributed by atoms with E-state index in [1.54, 1.807) is 7.85 Å². The molecule has 14 nitrogen and oxygen atoms in total. The molecular weight excluding hydrogens is 835 g/mol. The van der Waals surface area contributed by atoms with Gasteiger partial charge in [0, 0.05) is 55.7 Å². The fourth-order valence-electron chi connectivity index (χ4n) is 8.72. The zero-order valence-corrected chi connectivity index (χ0v) is 37.6. The van der Waals surface area contributed by atoms with Crippen LogP contribution in [0.15, 0.2) is 77.8 Å². The topological polar surface area (TPSA) is 333 Å². The summed E-state index contributed by atoms with van der Waals surface area (Å²) in [7, 11) is 11.7. The van der Waals surface area contributed by atoms with Crippen LogP contribution in [0, 0.1) is 171 Å². The molecule has 1 atom stereocenters. The van der Waals surface area contributed by atoms with E-state index in [9.17, 15) is 73.7 Å². The first-order valence-corrected chi connectivity index (χ1v) is 19.9. The molecule has 0 amide bonds. The first kappa shape index (κ1) is 49.9. The van der Waals surface area contributed by atoms with Gasteiger partial charge in [-0.2, -0.15) is 73.7 Å². The molecule has 2 aromatic carbocycles. The molecule has 298 valence electrons. The number of terminal acetylenes is 1. The van der Waals surface area contributed by atoms with Crippen LogP contribution in [0.5, 0.6) is 0 Å². The number of hydrogen-bond acceptors (Lipinski definition) is 14. The Kier molecular flexibility index (Phi) is 14.8. The van der Waals surface area contributed by atoms with E-state index >= 15 is 0 Å². The molecule has 22 heteroatoms. The minimum absolute atomic E-state index is 0.0401. The third kappa shape index (κ3) is 7.31. The highest BCUT2D eigenvalue weighted by Crippen LogP contribution is 2.58. The van der Waals surface area contributed by atoms with Gasteiger partial charge in [0.15, 0.2) is 0 Å². The second-order valence-corrected chi connectivity index (χ2v) is 15.0. The Morgan fingerprint density at radius 1 is 0.471 bits per heavy atom. The fraction of sp³-hybridized carbons (Fsp3) is 0.0435. The minimum Gasteiger partial charge on any atom is -0.193 e. The van der Waals surface area contributed by atoms with E-state index in [-0.39, 0.29) is 111 Å². The van der Waals surface area contributed by atoms with Crippen LogP contribution < -0.4 is 21.9 Å². The Balaban J connectivity index is 2.81. The summed E-state index contributed by atoms with van der Waals surface area (Å²) in [6.07, 6.45) is 6.26. The van der Waals surface area contributed by atoms with E-state index in [4.69, 9.17) is 6.42 Å². The minimum atomic E-state index is -1.01. The maximum Gasteiger partial charge on any atom is 0.142 e. The highest BCUT2D eigenvalue weighted by atomic mass is 14.5. The molecule has 0 N–H and O–H groups in total. The normalized spacial score (nSPS) is 16.9. The molecule has 0 radical (unpaired) electrons. The lowest BCUT2D eigenvalue weighted by Gasteiger charge is -2.36. The Labute approximate surface area is 399 Å². The molecular formula is C46H20B8N14. The van der Waals surface area contributed by atoms with Crippen LogP contribution in [-0.4, -0.2) is 62.8 Å². The van der Waals surface area contributed by atoms with Gasteiger partial charge in [-0.3, -0.25) is 0 Å². The Bertz CT molecular complexity index is 3580. The molecule has 2 aromatic rings. The van der Waals surface area contributed by atoms with Crippen LogP contribution in [0.2, 0.25) is 12.1 Å². The van der Waals surface area contributed by atoms with Crippen LogP contribution in [-0.2, 0) is 0 Å². The monoisotopic (exact) mass is 856 g/mol. The van der Waals surface area contributed by atoms with Gasteiger partial charge in [0.25, 0.3) is 0 Å². The summed E-state index contributed by atoms with van der Waals surface area (Å²) in [5, 5.41) is 150. The Hall–Kier alpha value is -10.7. The molecule has 4 rings (SSSR count). The average Bonchev–Trinajstić information content (AvgIpc) is 3.58. The number of allylic oxidation sites excluding steroid dienone is 16. The molecule has 0 bridgehead atoms. The first-order valence-electron chi connectivity index (χ1n) is 19.9. The molecule has 1 saturated carbocycles. The van der Waals surface area contributed by atoms with Crippen molar-refractivity contribution in [3.05, 3.63) is 122 Å². The summed E-state index contributed by atoms with van der Waals surface area (Å²) in [5.74, 6) is 1.34. The van der Waals surface area contributed by atoms with E-state index in [2.05, 4.69) is 18.1 Å².